The van der Waals surface area contributed by atoms with E-state index in [0.717, 1.165) is 18.4 Å². The number of carbonyl (C=O) groups is 1. The summed E-state index contributed by atoms with van der Waals surface area (Å²) in [5.74, 6) is 1.12. The number of ether oxygens (including phenoxy) is 2. The molecule has 2 fully saturated rings. The minimum absolute atomic E-state index is 0.269. The number of carbonyl (C=O) groups excluding carboxylic acids is 1. The van der Waals surface area contributed by atoms with Crippen molar-refractivity contribution in [3.05, 3.63) is 23.8 Å². The lowest BCUT2D eigenvalue weighted by molar-refractivity contribution is -0.155. The van der Waals surface area contributed by atoms with Crippen LogP contribution in [0.5, 0.6) is 0 Å². The standard InChI is InChI=1S/C21H32O3/c1-14-7-6-8-17-20(14,3)11-9-15(2)21(17,4)12-10-16-13-18(22)24-19(16)23-5/h13,15,17,19H,1,6-12H2,2-5H3. The Kier molecular flexibility index (Phi) is 4.67. The van der Waals surface area contributed by atoms with Gasteiger partial charge in [-0.25, -0.2) is 4.79 Å². The fourth-order valence-corrected chi connectivity index (χ4v) is 5.63. The topological polar surface area (TPSA) is 35.5 Å². The van der Waals surface area contributed by atoms with Gasteiger partial charge in [-0.05, 0) is 67.6 Å². The molecular weight excluding hydrogens is 300 g/mol. The smallest absolute Gasteiger partial charge is 0.333 e. The first kappa shape index (κ1) is 17.7. The van der Waals surface area contributed by atoms with E-state index in [4.69, 9.17) is 9.47 Å². The minimum atomic E-state index is -0.479. The van der Waals surface area contributed by atoms with Crippen molar-refractivity contribution in [3.63, 3.8) is 0 Å². The lowest BCUT2D eigenvalue weighted by Crippen LogP contribution is -2.50. The van der Waals surface area contributed by atoms with Gasteiger partial charge in [0.05, 0.1) is 0 Å². The van der Waals surface area contributed by atoms with Gasteiger partial charge in [0.25, 0.3) is 0 Å². The van der Waals surface area contributed by atoms with E-state index in [9.17, 15) is 4.79 Å². The normalized spacial score (nSPS) is 42.5. The number of rotatable bonds is 4. The van der Waals surface area contributed by atoms with Gasteiger partial charge >= 0.3 is 5.97 Å². The summed E-state index contributed by atoms with van der Waals surface area (Å²) in [5, 5.41) is 0. The molecule has 24 heavy (non-hydrogen) atoms. The van der Waals surface area contributed by atoms with Crippen LogP contribution in [-0.2, 0) is 14.3 Å². The Hall–Kier alpha value is -1.09. The van der Waals surface area contributed by atoms with Crippen molar-refractivity contribution < 1.29 is 14.3 Å². The Morgan fingerprint density at radius 2 is 2.12 bits per heavy atom. The van der Waals surface area contributed by atoms with Crippen LogP contribution >= 0.6 is 0 Å². The number of cyclic esters (lactones) is 1. The summed E-state index contributed by atoms with van der Waals surface area (Å²) < 4.78 is 10.5. The second kappa shape index (κ2) is 6.33. The molecule has 2 aliphatic carbocycles. The number of fused-ring (bicyclic) bond motifs is 1. The molecule has 134 valence electrons. The third kappa shape index (κ3) is 2.75. The van der Waals surface area contributed by atoms with Gasteiger partial charge in [0, 0.05) is 18.8 Å². The molecule has 0 N–H and O–H groups in total. The Morgan fingerprint density at radius 3 is 2.83 bits per heavy atom. The molecule has 3 nitrogen and oxygen atoms in total. The summed E-state index contributed by atoms with van der Waals surface area (Å²) in [6, 6.07) is 0. The molecule has 1 aliphatic heterocycles. The van der Waals surface area contributed by atoms with Crippen LogP contribution in [-0.4, -0.2) is 19.4 Å². The van der Waals surface area contributed by atoms with E-state index < -0.39 is 6.29 Å². The van der Waals surface area contributed by atoms with E-state index in [1.807, 2.05) is 0 Å². The quantitative estimate of drug-likeness (QED) is 0.535. The molecule has 0 bridgehead atoms. The highest BCUT2D eigenvalue weighted by Crippen LogP contribution is 2.62. The molecule has 0 saturated heterocycles. The molecule has 5 unspecified atom stereocenters. The average Bonchev–Trinajstić information content (AvgIpc) is 2.92. The van der Waals surface area contributed by atoms with E-state index in [1.165, 1.54) is 37.7 Å². The molecule has 0 aromatic heterocycles. The zero-order valence-electron chi connectivity index (χ0n) is 15.7. The molecule has 0 spiro atoms. The highest BCUT2D eigenvalue weighted by atomic mass is 16.7. The van der Waals surface area contributed by atoms with Crippen molar-refractivity contribution in [2.45, 2.75) is 72.0 Å². The van der Waals surface area contributed by atoms with Crippen molar-refractivity contribution in [2.24, 2.45) is 22.7 Å². The van der Waals surface area contributed by atoms with Crippen LogP contribution in [0.15, 0.2) is 23.8 Å². The van der Waals surface area contributed by atoms with Crippen LogP contribution < -0.4 is 0 Å². The van der Waals surface area contributed by atoms with Gasteiger partial charge in [0.2, 0.25) is 6.29 Å². The first-order valence-electron chi connectivity index (χ1n) is 9.43. The van der Waals surface area contributed by atoms with E-state index in [-0.39, 0.29) is 16.8 Å². The molecule has 0 amide bonds. The summed E-state index contributed by atoms with van der Waals surface area (Å²) in [7, 11) is 1.60. The molecule has 5 atom stereocenters. The summed E-state index contributed by atoms with van der Waals surface area (Å²) in [6.07, 6.45) is 9.43. The van der Waals surface area contributed by atoms with Gasteiger partial charge in [-0.1, -0.05) is 32.9 Å². The SMILES string of the molecule is C=C1CCCC2C1(C)CCC(C)C2(C)CCC1=CC(=O)OC1OC. The summed E-state index contributed by atoms with van der Waals surface area (Å²) in [5.41, 5.74) is 3.03. The van der Waals surface area contributed by atoms with Crippen molar-refractivity contribution >= 4 is 5.97 Å². The van der Waals surface area contributed by atoms with Gasteiger partial charge < -0.3 is 9.47 Å². The van der Waals surface area contributed by atoms with E-state index in [0.29, 0.717) is 11.8 Å². The number of hydrogen-bond donors (Lipinski definition) is 0. The van der Waals surface area contributed by atoms with Crippen molar-refractivity contribution in [2.75, 3.05) is 7.11 Å². The number of allylic oxidation sites excluding steroid dienone is 1. The fourth-order valence-electron chi connectivity index (χ4n) is 5.63. The maximum absolute atomic E-state index is 11.5. The lowest BCUT2D eigenvalue weighted by Gasteiger charge is -2.59. The number of esters is 1. The first-order chi connectivity index (χ1) is 11.3. The van der Waals surface area contributed by atoms with Gasteiger partial charge in [-0.15, -0.1) is 0 Å². The fraction of sp³-hybridized carbons (Fsp3) is 0.762. The maximum atomic E-state index is 11.5. The zero-order chi connectivity index (χ0) is 17.5. The molecule has 3 aliphatic rings. The van der Waals surface area contributed by atoms with Gasteiger partial charge in [-0.3, -0.25) is 0 Å². The zero-order valence-corrected chi connectivity index (χ0v) is 15.7. The van der Waals surface area contributed by atoms with Crippen molar-refractivity contribution in [3.8, 4) is 0 Å². The van der Waals surface area contributed by atoms with Gasteiger partial charge in [0.15, 0.2) is 0 Å². The monoisotopic (exact) mass is 332 g/mol. The predicted molar refractivity (Wildman–Crippen MR) is 95.3 cm³/mol. The Labute approximate surface area is 146 Å². The Bertz CT molecular complexity index is 563. The molecule has 0 aromatic rings. The number of hydrogen-bond acceptors (Lipinski definition) is 3. The molecule has 2 saturated carbocycles. The predicted octanol–water partition coefficient (Wildman–Crippen LogP) is 5.02. The third-order valence-electron chi connectivity index (χ3n) is 7.56. The van der Waals surface area contributed by atoms with Gasteiger partial charge in [0.1, 0.15) is 0 Å². The van der Waals surface area contributed by atoms with E-state index in [1.54, 1.807) is 13.2 Å². The summed E-state index contributed by atoms with van der Waals surface area (Å²) in [6.45, 7) is 11.8. The summed E-state index contributed by atoms with van der Waals surface area (Å²) >= 11 is 0. The molecule has 0 aromatic carbocycles. The van der Waals surface area contributed by atoms with Crippen LogP contribution in [0.1, 0.15) is 65.7 Å². The first-order valence-corrected chi connectivity index (χ1v) is 9.43. The second-order valence-corrected chi connectivity index (χ2v) is 8.64. The van der Waals surface area contributed by atoms with Crippen LogP contribution in [0.2, 0.25) is 0 Å². The van der Waals surface area contributed by atoms with Gasteiger partial charge in [-0.2, -0.15) is 0 Å². The van der Waals surface area contributed by atoms with Crippen LogP contribution in [0, 0.1) is 22.7 Å². The van der Waals surface area contributed by atoms with Crippen LogP contribution in [0.3, 0.4) is 0 Å². The third-order valence-corrected chi connectivity index (χ3v) is 7.56. The molecule has 3 heteroatoms. The van der Waals surface area contributed by atoms with Crippen molar-refractivity contribution in [1.82, 2.24) is 0 Å². The largest absolute Gasteiger partial charge is 0.428 e. The average molecular weight is 332 g/mol. The highest BCUT2D eigenvalue weighted by Gasteiger charge is 2.53. The second-order valence-electron chi connectivity index (χ2n) is 8.64. The van der Waals surface area contributed by atoms with E-state index in [2.05, 4.69) is 27.4 Å². The minimum Gasteiger partial charge on any atom is -0.428 e. The molecular formula is C21H32O3. The van der Waals surface area contributed by atoms with Crippen molar-refractivity contribution in [1.29, 1.82) is 0 Å². The Morgan fingerprint density at radius 1 is 1.38 bits per heavy atom. The lowest BCUT2D eigenvalue weighted by atomic mass is 9.46. The van der Waals surface area contributed by atoms with Crippen LogP contribution in [0.25, 0.3) is 0 Å². The molecule has 0 radical (unpaired) electrons. The molecule has 3 rings (SSSR count). The highest BCUT2D eigenvalue weighted by molar-refractivity contribution is 5.85. The maximum Gasteiger partial charge on any atom is 0.333 e. The Balaban J connectivity index is 1.80. The molecule has 1 heterocycles. The van der Waals surface area contributed by atoms with Crippen LogP contribution in [0.4, 0.5) is 0 Å². The number of methoxy groups -OCH3 is 1. The van der Waals surface area contributed by atoms with E-state index >= 15 is 0 Å². The summed E-state index contributed by atoms with van der Waals surface area (Å²) in [4.78, 5) is 11.5.